The van der Waals surface area contributed by atoms with Gasteiger partial charge >= 0.3 is 5.97 Å². The maximum atomic E-state index is 13.6. The van der Waals surface area contributed by atoms with Crippen LogP contribution in [0.1, 0.15) is 25.8 Å². The molecule has 0 spiro atoms. The van der Waals surface area contributed by atoms with Crippen molar-refractivity contribution in [2.24, 2.45) is 0 Å². The van der Waals surface area contributed by atoms with Crippen LogP contribution >= 0.6 is 22.9 Å². The second-order valence-corrected chi connectivity index (χ2v) is 12.1. The van der Waals surface area contributed by atoms with Crippen LogP contribution in [0.5, 0.6) is 5.75 Å². The highest BCUT2D eigenvalue weighted by molar-refractivity contribution is 7.91. The van der Waals surface area contributed by atoms with Crippen molar-refractivity contribution in [3.8, 4) is 5.75 Å². The van der Waals surface area contributed by atoms with Crippen molar-refractivity contribution in [1.29, 1.82) is 0 Å². The third-order valence-corrected chi connectivity index (χ3v) is 9.72. The molecular formula is C25H27ClN2O5S2. The summed E-state index contributed by atoms with van der Waals surface area (Å²) in [7, 11) is -3.73. The van der Waals surface area contributed by atoms with E-state index in [0.717, 1.165) is 21.0 Å². The van der Waals surface area contributed by atoms with E-state index in [1.807, 2.05) is 45.0 Å². The third kappa shape index (κ3) is 5.33. The first kappa shape index (κ1) is 25.5. The molecule has 0 amide bonds. The lowest BCUT2D eigenvalue weighted by molar-refractivity contribution is -0.137. The highest BCUT2D eigenvalue weighted by atomic mass is 35.5. The fourth-order valence-corrected chi connectivity index (χ4v) is 7.84. The normalized spacial score (nSPS) is 13.1. The number of benzene rings is 2. The zero-order valence-electron chi connectivity index (χ0n) is 19.7. The topological polar surface area (TPSA) is 88.8 Å². The van der Waals surface area contributed by atoms with Gasteiger partial charge in [-0.2, -0.15) is 4.31 Å². The number of hydrogen-bond donors (Lipinski definition) is 1. The van der Waals surface area contributed by atoms with Crippen molar-refractivity contribution < 1.29 is 23.1 Å². The quantitative estimate of drug-likeness (QED) is 0.279. The van der Waals surface area contributed by atoms with E-state index < -0.39 is 22.1 Å². The molecule has 4 aromatic rings. The molecule has 0 fully saturated rings. The Kier molecular flexibility index (Phi) is 7.42. The molecule has 10 heteroatoms. The van der Waals surface area contributed by atoms with Gasteiger partial charge in [0.2, 0.25) is 0 Å². The van der Waals surface area contributed by atoms with Crippen molar-refractivity contribution in [2.45, 2.75) is 44.0 Å². The standard InChI is InChI=1S/C25H27ClN2O5S2/c1-4-10-28(35(31,32)25-17(3)21-13-19(26)5-8-23(21)34-25)14-16(2)33-20-6-7-22-18(12-20)9-11-27(22)15-24(29)30/h5-9,11-13,16H,4,10,14-15H2,1-3H3,(H,29,30). The Labute approximate surface area is 213 Å². The summed E-state index contributed by atoms with van der Waals surface area (Å²) in [6, 6.07) is 12.7. The fourth-order valence-electron chi connectivity index (χ4n) is 4.18. The van der Waals surface area contributed by atoms with E-state index in [1.54, 1.807) is 29.0 Å². The molecule has 1 N–H and O–H groups in total. The Morgan fingerprint density at radius 3 is 2.71 bits per heavy atom. The largest absolute Gasteiger partial charge is 0.489 e. The number of aryl methyl sites for hydroxylation is 1. The van der Waals surface area contributed by atoms with Gasteiger partial charge in [0.15, 0.2) is 0 Å². The number of ether oxygens (including phenoxy) is 1. The van der Waals surface area contributed by atoms with Crippen molar-refractivity contribution >= 4 is 59.9 Å². The van der Waals surface area contributed by atoms with E-state index in [9.17, 15) is 13.2 Å². The number of carboxylic acid groups (broad SMARTS) is 1. The molecule has 0 radical (unpaired) electrons. The number of thiophene rings is 1. The van der Waals surface area contributed by atoms with Gasteiger partial charge in [-0.1, -0.05) is 18.5 Å². The summed E-state index contributed by atoms with van der Waals surface area (Å²) in [6.07, 6.45) is 1.99. The first-order valence-corrected chi connectivity index (χ1v) is 13.9. The summed E-state index contributed by atoms with van der Waals surface area (Å²) in [5.74, 6) is -0.315. The van der Waals surface area contributed by atoms with Crippen LogP contribution in [-0.2, 0) is 21.4 Å². The first-order chi connectivity index (χ1) is 16.6. The second-order valence-electron chi connectivity index (χ2n) is 8.50. The number of carbonyl (C=O) groups is 1. The van der Waals surface area contributed by atoms with E-state index in [1.165, 1.54) is 15.6 Å². The molecule has 1 unspecified atom stereocenters. The number of halogens is 1. The lowest BCUT2D eigenvalue weighted by atomic mass is 10.2. The Morgan fingerprint density at radius 2 is 2.00 bits per heavy atom. The molecule has 2 aromatic carbocycles. The van der Waals surface area contributed by atoms with Crippen LogP contribution in [-0.4, -0.2) is 47.6 Å². The number of aromatic nitrogens is 1. The van der Waals surface area contributed by atoms with Gasteiger partial charge in [0.25, 0.3) is 10.0 Å². The predicted octanol–water partition coefficient (Wildman–Crippen LogP) is 5.77. The average molecular weight is 535 g/mol. The van der Waals surface area contributed by atoms with Gasteiger partial charge in [0.05, 0.1) is 6.54 Å². The smallest absolute Gasteiger partial charge is 0.323 e. The summed E-state index contributed by atoms with van der Waals surface area (Å²) in [4.78, 5) is 11.0. The van der Waals surface area contributed by atoms with Crippen molar-refractivity contribution in [2.75, 3.05) is 13.1 Å². The molecule has 7 nitrogen and oxygen atoms in total. The summed E-state index contributed by atoms with van der Waals surface area (Å²) in [6.45, 7) is 6.06. The zero-order chi connectivity index (χ0) is 25.3. The van der Waals surface area contributed by atoms with Gasteiger partial charge in [0, 0.05) is 33.4 Å². The van der Waals surface area contributed by atoms with Crippen LogP contribution in [0.15, 0.2) is 52.9 Å². The Hall–Kier alpha value is -2.59. The minimum Gasteiger partial charge on any atom is -0.489 e. The average Bonchev–Trinajstić information content (AvgIpc) is 3.34. The van der Waals surface area contributed by atoms with Gasteiger partial charge in [-0.3, -0.25) is 4.79 Å². The molecule has 0 saturated heterocycles. The van der Waals surface area contributed by atoms with E-state index in [-0.39, 0.29) is 13.1 Å². The van der Waals surface area contributed by atoms with Gasteiger partial charge in [-0.15, -0.1) is 11.3 Å². The van der Waals surface area contributed by atoms with Gasteiger partial charge in [-0.25, -0.2) is 8.42 Å². The minimum atomic E-state index is -3.73. The van der Waals surface area contributed by atoms with Crippen LogP contribution < -0.4 is 4.74 Å². The number of hydrogen-bond acceptors (Lipinski definition) is 5. The summed E-state index contributed by atoms with van der Waals surface area (Å²) in [5.41, 5.74) is 1.50. The first-order valence-electron chi connectivity index (χ1n) is 11.3. The molecule has 0 aliphatic heterocycles. The van der Waals surface area contributed by atoms with Crippen LogP contribution in [0.25, 0.3) is 21.0 Å². The molecule has 186 valence electrons. The Bertz CT molecular complexity index is 1490. The Balaban J connectivity index is 1.55. The summed E-state index contributed by atoms with van der Waals surface area (Å²) in [5, 5.41) is 11.3. The van der Waals surface area contributed by atoms with E-state index >= 15 is 0 Å². The number of fused-ring (bicyclic) bond motifs is 2. The molecular weight excluding hydrogens is 508 g/mol. The molecule has 0 bridgehead atoms. The summed E-state index contributed by atoms with van der Waals surface area (Å²) < 4.78 is 37.7. The second kappa shape index (κ2) is 10.2. The third-order valence-electron chi connectivity index (χ3n) is 5.75. The number of aliphatic carboxylic acids is 1. The highest BCUT2D eigenvalue weighted by Gasteiger charge is 2.30. The molecule has 35 heavy (non-hydrogen) atoms. The van der Waals surface area contributed by atoms with Crippen LogP contribution in [0.2, 0.25) is 5.02 Å². The predicted molar refractivity (Wildman–Crippen MR) is 140 cm³/mol. The van der Waals surface area contributed by atoms with E-state index in [2.05, 4.69) is 0 Å². The lowest BCUT2D eigenvalue weighted by Gasteiger charge is -2.25. The van der Waals surface area contributed by atoms with Crippen LogP contribution in [0, 0.1) is 6.92 Å². The molecule has 4 rings (SSSR count). The summed E-state index contributed by atoms with van der Waals surface area (Å²) >= 11 is 7.39. The van der Waals surface area contributed by atoms with Crippen LogP contribution in [0.3, 0.4) is 0 Å². The molecule has 0 saturated carbocycles. The fraction of sp³-hybridized carbons (Fsp3) is 0.320. The molecule has 1 atom stereocenters. The number of carboxylic acids is 1. The number of nitrogens with zero attached hydrogens (tertiary/aromatic N) is 2. The molecule has 0 aliphatic carbocycles. The number of rotatable bonds is 10. The minimum absolute atomic E-state index is 0.118. The molecule has 0 aliphatic rings. The highest BCUT2D eigenvalue weighted by Crippen LogP contribution is 2.37. The lowest BCUT2D eigenvalue weighted by Crippen LogP contribution is -2.39. The maximum absolute atomic E-state index is 13.6. The van der Waals surface area contributed by atoms with Crippen molar-refractivity contribution in [1.82, 2.24) is 8.87 Å². The van der Waals surface area contributed by atoms with Crippen LogP contribution in [0.4, 0.5) is 0 Å². The van der Waals surface area contributed by atoms with E-state index in [0.29, 0.717) is 33.5 Å². The molecule has 2 aromatic heterocycles. The van der Waals surface area contributed by atoms with Gasteiger partial charge in [-0.05, 0) is 73.7 Å². The Morgan fingerprint density at radius 1 is 1.23 bits per heavy atom. The van der Waals surface area contributed by atoms with Crippen molar-refractivity contribution in [3.63, 3.8) is 0 Å². The monoisotopic (exact) mass is 534 g/mol. The molecule has 2 heterocycles. The van der Waals surface area contributed by atoms with E-state index in [4.69, 9.17) is 21.4 Å². The van der Waals surface area contributed by atoms with Crippen molar-refractivity contribution in [3.05, 3.63) is 59.2 Å². The maximum Gasteiger partial charge on any atom is 0.323 e. The number of sulfonamides is 1. The van der Waals surface area contributed by atoms with Gasteiger partial charge in [0.1, 0.15) is 22.6 Å². The zero-order valence-corrected chi connectivity index (χ0v) is 22.1. The van der Waals surface area contributed by atoms with Gasteiger partial charge < -0.3 is 14.4 Å². The SMILES string of the molecule is CCCN(CC(C)Oc1ccc2c(ccn2CC(=O)O)c1)S(=O)(=O)c1sc2ccc(Cl)cc2c1C.